The van der Waals surface area contributed by atoms with Crippen LogP contribution in [0.3, 0.4) is 0 Å². The van der Waals surface area contributed by atoms with Crippen LogP contribution in [0.2, 0.25) is 0 Å². The average molecular weight is 317 g/mol. The maximum Gasteiger partial charge on any atom is 0.445 e. The van der Waals surface area contributed by atoms with E-state index in [0.717, 1.165) is 5.56 Å². The fourth-order valence-electron chi connectivity index (χ4n) is 1.76. The Morgan fingerprint density at radius 2 is 1.90 bits per heavy atom. The van der Waals surface area contributed by atoms with Crippen molar-refractivity contribution in [1.29, 1.82) is 0 Å². The molecule has 114 valence electrons. The van der Waals surface area contributed by atoms with Crippen molar-refractivity contribution in [1.82, 2.24) is 10.2 Å². The number of nitrogens with zero attached hydrogens (tertiary/aromatic N) is 2. The first kappa shape index (κ1) is 15.7. The van der Waals surface area contributed by atoms with Crippen molar-refractivity contribution in [3.05, 3.63) is 40.9 Å². The molecule has 0 aliphatic carbocycles. The summed E-state index contributed by atoms with van der Waals surface area (Å²) in [5.41, 5.74) is 0.958. The highest BCUT2D eigenvalue weighted by Crippen LogP contribution is 2.33. The van der Waals surface area contributed by atoms with E-state index in [9.17, 15) is 18.3 Å². The van der Waals surface area contributed by atoms with Crippen molar-refractivity contribution >= 4 is 16.5 Å². The molecule has 1 heterocycles. The number of aliphatic hydroxyl groups excluding tert-OH is 1. The first-order valence-electron chi connectivity index (χ1n) is 6.25. The van der Waals surface area contributed by atoms with E-state index in [4.69, 9.17) is 0 Å². The van der Waals surface area contributed by atoms with Gasteiger partial charge in [0.2, 0.25) is 10.1 Å². The van der Waals surface area contributed by atoms with Crippen LogP contribution in [-0.4, -0.2) is 28.0 Å². The number of nitrogens with one attached hydrogen (secondary N) is 1. The molecule has 2 aromatic rings. The topological polar surface area (TPSA) is 58.0 Å². The van der Waals surface area contributed by atoms with E-state index in [2.05, 4.69) is 15.5 Å². The Balaban J connectivity index is 1.92. The maximum absolute atomic E-state index is 12.4. The van der Waals surface area contributed by atoms with Crippen LogP contribution in [0, 0.1) is 0 Å². The summed E-state index contributed by atoms with van der Waals surface area (Å²) in [5, 5.41) is 18.3. The molecule has 0 bridgehead atoms. The van der Waals surface area contributed by atoms with E-state index < -0.39 is 17.3 Å². The zero-order chi connectivity index (χ0) is 15.5. The summed E-state index contributed by atoms with van der Waals surface area (Å²) in [7, 11) is 0. The van der Waals surface area contributed by atoms with Crippen molar-refractivity contribution in [2.24, 2.45) is 0 Å². The van der Waals surface area contributed by atoms with Gasteiger partial charge in [-0.15, -0.1) is 10.2 Å². The van der Waals surface area contributed by atoms with Gasteiger partial charge in [-0.05, 0) is 5.56 Å². The van der Waals surface area contributed by atoms with E-state index in [1.807, 2.05) is 37.3 Å². The summed E-state index contributed by atoms with van der Waals surface area (Å²) in [6, 6.07) is 9.39. The maximum atomic E-state index is 12.4. The summed E-state index contributed by atoms with van der Waals surface area (Å²) in [6.07, 6.45) is -5.24. The van der Waals surface area contributed by atoms with Gasteiger partial charge in [-0.25, -0.2) is 0 Å². The smallest absolute Gasteiger partial charge is 0.391 e. The Morgan fingerprint density at radius 3 is 2.48 bits per heavy atom. The van der Waals surface area contributed by atoms with Crippen LogP contribution in [0.5, 0.6) is 0 Å². The van der Waals surface area contributed by atoms with E-state index in [1.165, 1.54) is 0 Å². The zero-order valence-corrected chi connectivity index (χ0v) is 11.9. The van der Waals surface area contributed by atoms with E-state index in [1.54, 1.807) is 0 Å². The second-order valence-corrected chi connectivity index (χ2v) is 5.54. The number of benzene rings is 1. The molecule has 2 unspecified atom stereocenters. The molecule has 4 nitrogen and oxygen atoms in total. The SMILES string of the molecule is CC(c1ccccc1)C(O)CNc1nnc(C(F)(F)F)s1. The largest absolute Gasteiger partial charge is 0.445 e. The van der Waals surface area contributed by atoms with Crippen LogP contribution in [0.4, 0.5) is 18.3 Å². The molecule has 0 saturated heterocycles. The van der Waals surface area contributed by atoms with Crippen LogP contribution >= 0.6 is 11.3 Å². The molecule has 0 radical (unpaired) electrons. The Morgan fingerprint density at radius 1 is 1.24 bits per heavy atom. The molecule has 0 spiro atoms. The third-order valence-electron chi connectivity index (χ3n) is 3.03. The predicted octanol–water partition coefficient (Wildman–Crippen LogP) is 3.13. The molecule has 0 amide bonds. The van der Waals surface area contributed by atoms with Gasteiger partial charge < -0.3 is 10.4 Å². The molecule has 8 heteroatoms. The van der Waals surface area contributed by atoms with Crippen molar-refractivity contribution in [3.8, 4) is 0 Å². The molecule has 0 fully saturated rings. The van der Waals surface area contributed by atoms with E-state index in [0.29, 0.717) is 11.3 Å². The highest BCUT2D eigenvalue weighted by atomic mass is 32.1. The molecule has 2 atom stereocenters. The monoisotopic (exact) mass is 317 g/mol. The van der Waals surface area contributed by atoms with Gasteiger partial charge >= 0.3 is 6.18 Å². The highest BCUT2D eigenvalue weighted by Gasteiger charge is 2.35. The van der Waals surface area contributed by atoms with Gasteiger partial charge in [-0.1, -0.05) is 48.6 Å². The lowest BCUT2D eigenvalue weighted by atomic mass is 9.95. The van der Waals surface area contributed by atoms with Crippen molar-refractivity contribution in [2.75, 3.05) is 11.9 Å². The first-order valence-corrected chi connectivity index (χ1v) is 7.07. The summed E-state index contributed by atoms with van der Waals surface area (Å²) < 4.78 is 37.1. The lowest BCUT2D eigenvalue weighted by Gasteiger charge is -2.19. The Labute approximate surface area is 123 Å². The number of halogens is 3. The van der Waals surface area contributed by atoms with Gasteiger partial charge in [0.1, 0.15) is 0 Å². The minimum atomic E-state index is -4.49. The molecule has 21 heavy (non-hydrogen) atoms. The zero-order valence-electron chi connectivity index (χ0n) is 11.1. The van der Waals surface area contributed by atoms with Crippen LogP contribution in [-0.2, 0) is 6.18 Å². The molecular weight excluding hydrogens is 303 g/mol. The Bertz CT molecular complexity index is 574. The third kappa shape index (κ3) is 4.15. The quantitative estimate of drug-likeness (QED) is 0.889. The second-order valence-electron chi connectivity index (χ2n) is 4.56. The van der Waals surface area contributed by atoms with E-state index >= 15 is 0 Å². The first-order chi connectivity index (χ1) is 9.88. The van der Waals surface area contributed by atoms with Gasteiger partial charge in [0.05, 0.1) is 6.10 Å². The average Bonchev–Trinajstić information content (AvgIpc) is 2.94. The highest BCUT2D eigenvalue weighted by molar-refractivity contribution is 7.15. The fraction of sp³-hybridized carbons (Fsp3) is 0.385. The summed E-state index contributed by atoms with van der Waals surface area (Å²) in [4.78, 5) is 0. The molecule has 1 aromatic heterocycles. The van der Waals surface area contributed by atoms with Crippen molar-refractivity contribution in [3.63, 3.8) is 0 Å². The van der Waals surface area contributed by atoms with Gasteiger partial charge in [0.25, 0.3) is 0 Å². The number of aliphatic hydroxyl groups is 1. The predicted molar refractivity (Wildman–Crippen MR) is 74.3 cm³/mol. The number of anilines is 1. The molecule has 2 rings (SSSR count). The second kappa shape index (κ2) is 6.40. The van der Waals surface area contributed by atoms with Crippen molar-refractivity contribution < 1.29 is 18.3 Å². The number of aromatic nitrogens is 2. The van der Waals surface area contributed by atoms with Gasteiger partial charge in [0, 0.05) is 12.5 Å². The Kier molecular flexibility index (Phi) is 4.79. The molecule has 2 N–H and O–H groups in total. The molecular formula is C13H14F3N3OS. The fourth-order valence-corrected chi connectivity index (χ4v) is 2.37. The van der Waals surface area contributed by atoms with E-state index in [-0.39, 0.29) is 17.6 Å². The molecule has 0 saturated carbocycles. The standard InChI is InChI=1S/C13H14F3N3OS/c1-8(9-5-3-2-4-6-9)10(20)7-17-12-19-18-11(21-12)13(14,15)16/h2-6,8,10,20H,7H2,1H3,(H,17,19). The Hall–Kier alpha value is -1.67. The minimum absolute atomic E-state index is 0.0432. The van der Waals surface area contributed by atoms with Gasteiger partial charge in [-0.3, -0.25) is 0 Å². The number of hydrogen-bond donors (Lipinski definition) is 2. The number of hydrogen-bond acceptors (Lipinski definition) is 5. The van der Waals surface area contributed by atoms with Crippen LogP contribution < -0.4 is 5.32 Å². The molecule has 0 aliphatic rings. The van der Waals surface area contributed by atoms with Crippen LogP contribution in [0.15, 0.2) is 30.3 Å². The normalized spacial score (nSPS) is 14.7. The molecule has 1 aromatic carbocycles. The van der Waals surface area contributed by atoms with Crippen molar-refractivity contribution in [2.45, 2.75) is 25.1 Å². The van der Waals surface area contributed by atoms with Crippen LogP contribution in [0.1, 0.15) is 23.4 Å². The summed E-state index contributed by atoms with van der Waals surface area (Å²) in [5.74, 6) is -0.145. The van der Waals surface area contributed by atoms with Gasteiger partial charge in [0.15, 0.2) is 0 Å². The minimum Gasteiger partial charge on any atom is -0.391 e. The number of alkyl halides is 3. The third-order valence-corrected chi connectivity index (χ3v) is 3.96. The summed E-state index contributed by atoms with van der Waals surface area (Å²) in [6.45, 7) is 1.95. The van der Waals surface area contributed by atoms with Gasteiger partial charge in [-0.2, -0.15) is 13.2 Å². The molecule has 0 aliphatic heterocycles. The van der Waals surface area contributed by atoms with Crippen LogP contribution in [0.25, 0.3) is 0 Å². The summed E-state index contributed by atoms with van der Waals surface area (Å²) >= 11 is 0.420. The lowest BCUT2D eigenvalue weighted by molar-refractivity contribution is -0.138. The number of rotatable bonds is 5. The lowest BCUT2D eigenvalue weighted by Crippen LogP contribution is -2.25.